The van der Waals surface area contributed by atoms with Gasteiger partial charge in [-0.25, -0.2) is 4.79 Å². The number of carbonyl (C=O) groups is 3. The van der Waals surface area contributed by atoms with E-state index in [2.05, 4.69) is 5.32 Å². The molecule has 6 heteroatoms. The molecule has 1 heterocycles. The quantitative estimate of drug-likeness (QED) is 0.771. The van der Waals surface area contributed by atoms with E-state index in [0.29, 0.717) is 13.0 Å². The number of likely N-dealkylation sites (tertiary alicyclic amines) is 1. The van der Waals surface area contributed by atoms with Crippen molar-refractivity contribution in [3.63, 3.8) is 0 Å². The van der Waals surface area contributed by atoms with Gasteiger partial charge in [-0.1, -0.05) is 0 Å². The van der Waals surface area contributed by atoms with Crippen molar-refractivity contribution in [1.82, 2.24) is 10.2 Å². The van der Waals surface area contributed by atoms with Crippen LogP contribution in [0.15, 0.2) is 0 Å². The molecule has 106 valence electrons. The second-order valence-electron chi connectivity index (χ2n) is 5.88. The highest BCUT2D eigenvalue weighted by Gasteiger charge is 2.42. The van der Waals surface area contributed by atoms with Crippen LogP contribution in [0.2, 0.25) is 0 Å². The molecule has 1 aliphatic heterocycles. The third kappa shape index (κ3) is 2.88. The molecule has 19 heavy (non-hydrogen) atoms. The van der Waals surface area contributed by atoms with E-state index < -0.39 is 17.6 Å². The van der Waals surface area contributed by atoms with Gasteiger partial charge in [0.1, 0.15) is 11.6 Å². The van der Waals surface area contributed by atoms with Crippen LogP contribution in [-0.2, 0) is 14.4 Å². The van der Waals surface area contributed by atoms with E-state index in [1.165, 1.54) is 13.8 Å². The SMILES string of the molecule is CC(C)(NC(=O)C1CCCN1C(=O)C1CC1)C(=O)O. The van der Waals surface area contributed by atoms with Gasteiger partial charge < -0.3 is 15.3 Å². The van der Waals surface area contributed by atoms with Crippen molar-refractivity contribution in [1.29, 1.82) is 0 Å². The lowest BCUT2D eigenvalue weighted by Crippen LogP contribution is -2.55. The third-order valence-electron chi connectivity index (χ3n) is 3.74. The number of carboxylic acid groups (broad SMARTS) is 1. The molecule has 0 radical (unpaired) electrons. The van der Waals surface area contributed by atoms with Crippen molar-refractivity contribution < 1.29 is 19.5 Å². The highest BCUT2D eigenvalue weighted by molar-refractivity contribution is 5.93. The van der Waals surface area contributed by atoms with E-state index in [0.717, 1.165) is 19.3 Å². The first-order valence-corrected chi connectivity index (χ1v) is 6.69. The summed E-state index contributed by atoms with van der Waals surface area (Å²) < 4.78 is 0. The van der Waals surface area contributed by atoms with Crippen molar-refractivity contribution >= 4 is 17.8 Å². The number of nitrogens with one attached hydrogen (secondary N) is 1. The van der Waals surface area contributed by atoms with Gasteiger partial charge in [0.05, 0.1) is 0 Å². The summed E-state index contributed by atoms with van der Waals surface area (Å²) in [5.74, 6) is -1.32. The molecular weight excluding hydrogens is 248 g/mol. The van der Waals surface area contributed by atoms with Crippen LogP contribution in [0, 0.1) is 5.92 Å². The lowest BCUT2D eigenvalue weighted by Gasteiger charge is -2.28. The van der Waals surface area contributed by atoms with Crippen molar-refractivity contribution in [3.05, 3.63) is 0 Å². The van der Waals surface area contributed by atoms with Gasteiger partial charge in [0, 0.05) is 12.5 Å². The summed E-state index contributed by atoms with van der Waals surface area (Å²) in [5.41, 5.74) is -1.31. The van der Waals surface area contributed by atoms with E-state index in [1.807, 2.05) is 0 Å². The number of aliphatic carboxylic acids is 1. The Hall–Kier alpha value is -1.59. The molecule has 1 atom stereocenters. The molecule has 2 fully saturated rings. The second-order valence-corrected chi connectivity index (χ2v) is 5.88. The van der Waals surface area contributed by atoms with Crippen LogP contribution >= 0.6 is 0 Å². The fourth-order valence-corrected chi connectivity index (χ4v) is 2.31. The van der Waals surface area contributed by atoms with Crippen LogP contribution in [0.3, 0.4) is 0 Å². The zero-order valence-corrected chi connectivity index (χ0v) is 11.3. The molecule has 2 aliphatic rings. The summed E-state index contributed by atoms with van der Waals surface area (Å²) in [6.45, 7) is 3.48. The lowest BCUT2D eigenvalue weighted by atomic mass is 10.0. The Balaban J connectivity index is 2.01. The highest BCUT2D eigenvalue weighted by Crippen LogP contribution is 2.33. The van der Waals surface area contributed by atoms with Crippen molar-refractivity contribution in [3.8, 4) is 0 Å². The Labute approximate surface area is 112 Å². The molecule has 6 nitrogen and oxygen atoms in total. The summed E-state index contributed by atoms with van der Waals surface area (Å²) in [7, 11) is 0. The predicted octanol–water partition coefficient (Wildman–Crippen LogP) is 0.367. The minimum absolute atomic E-state index is 0.0470. The monoisotopic (exact) mass is 268 g/mol. The summed E-state index contributed by atoms with van der Waals surface area (Å²) in [6, 6.07) is -0.508. The van der Waals surface area contributed by atoms with Crippen molar-refractivity contribution in [2.75, 3.05) is 6.54 Å². The normalized spacial score (nSPS) is 23.3. The van der Waals surface area contributed by atoms with Crippen LogP contribution in [0.1, 0.15) is 39.5 Å². The van der Waals surface area contributed by atoms with Crippen LogP contribution in [0.4, 0.5) is 0 Å². The topological polar surface area (TPSA) is 86.7 Å². The maximum atomic E-state index is 12.2. The maximum Gasteiger partial charge on any atom is 0.328 e. The number of carbonyl (C=O) groups excluding carboxylic acids is 2. The number of carboxylic acids is 1. The molecule has 2 amide bonds. The first-order chi connectivity index (χ1) is 8.83. The Morgan fingerprint density at radius 2 is 1.84 bits per heavy atom. The minimum Gasteiger partial charge on any atom is -0.480 e. The zero-order chi connectivity index (χ0) is 14.2. The van der Waals surface area contributed by atoms with Gasteiger partial charge in [-0.3, -0.25) is 9.59 Å². The molecule has 0 aromatic rings. The Morgan fingerprint density at radius 3 is 2.37 bits per heavy atom. The molecule has 2 rings (SSSR count). The van der Waals surface area contributed by atoms with Gasteiger partial charge >= 0.3 is 5.97 Å². The van der Waals surface area contributed by atoms with Crippen LogP contribution < -0.4 is 5.32 Å². The first kappa shape index (κ1) is 13.8. The van der Waals surface area contributed by atoms with E-state index in [-0.39, 0.29) is 17.7 Å². The molecule has 2 N–H and O–H groups in total. The largest absolute Gasteiger partial charge is 0.480 e. The smallest absolute Gasteiger partial charge is 0.328 e. The lowest BCUT2D eigenvalue weighted by molar-refractivity contribution is -0.147. The Bertz CT molecular complexity index is 415. The standard InChI is InChI=1S/C13H20N2O4/c1-13(2,12(18)19)14-10(16)9-4-3-7-15(9)11(17)8-5-6-8/h8-9H,3-7H2,1-2H3,(H,14,16)(H,18,19). The van der Waals surface area contributed by atoms with E-state index >= 15 is 0 Å². The molecule has 0 aromatic heterocycles. The molecule has 1 unspecified atom stereocenters. The molecule has 1 saturated carbocycles. The average molecular weight is 268 g/mol. The average Bonchev–Trinajstić information content (AvgIpc) is 3.04. The fraction of sp³-hybridized carbons (Fsp3) is 0.769. The van der Waals surface area contributed by atoms with Crippen LogP contribution in [0.25, 0.3) is 0 Å². The summed E-state index contributed by atoms with van der Waals surface area (Å²) in [4.78, 5) is 36.8. The molecule has 0 spiro atoms. The predicted molar refractivity (Wildman–Crippen MR) is 67.3 cm³/mol. The highest BCUT2D eigenvalue weighted by atomic mass is 16.4. The van der Waals surface area contributed by atoms with Gasteiger partial charge in [-0.2, -0.15) is 0 Å². The maximum absolute atomic E-state index is 12.2. The summed E-state index contributed by atoms with van der Waals surface area (Å²) in [6.07, 6.45) is 3.22. The molecule has 0 aromatic carbocycles. The van der Waals surface area contributed by atoms with Gasteiger partial charge in [0.15, 0.2) is 0 Å². The summed E-state index contributed by atoms with van der Waals surface area (Å²) in [5, 5.41) is 11.5. The molecular formula is C13H20N2O4. The zero-order valence-electron chi connectivity index (χ0n) is 11.3. The number of rotatable bonds is 4. The minimum atomic E-state index is -1.31. The fourth-order valence-electron chi connectivity index (χ4n) is 2.31. The Morgan fingerprint density at radius 1 is 1.21 bits per heavy atom. The van der Waals surface area contributed by atoms with E-state index in [1.54, 1.807) is 4.90 Å². The number of nitrogens with zero attached hydrogens (tertiary/aromatic N) is 1. The van der Waals surface area contributed by atoms with Crippen LogP contribution in [-0.4, -0.2) is 45.9 Å². The molecule has 0 bridgehead atoms. The number of hydrogen-bond donors (Lipinski definition) is 2. The number of amides is 2. The molecule has 1 saturated heterocycles. The number of hydrogen-bond acceptors (Lipinski definition) is 3. The third-order valence-corrected chi connectivity index (χ3v) is 3.74. The van der Waals surface area contributed by atoms with Crippen molar-refractivity contribution in [2.45, 2.75) is 51.1 Å². The second kappa shape index (κ2) is 4.83. The van der Waals surface area contributed by atoms with Crippen LogP contribution in [0.5, 0.6) is 0 Å². The van der Waals surface area contributed by atoms with Gasteiger partial charge in [-0.15, -0.1) is 0 Å². The Kier molecular flexibility index (Phi) is 3.52. The van der Waals surface area contributed by atoms with Gasteiger partial charge in [0.2, 0.25) is 11.8 Å². The summed E-state index contributed by atoms with van der Waals surface area (Å²) >= 11 is 0. The first-order valence-electron chi connectivity index (χ1n) is 6.69. The molecule has 1 aliphatic carbocycles. The van der Waals surface area contributed by atoms with E-state index in [9.17, 15) is 14.4 Å². The van der Waals surface area contributed by atoms with Crippen molar-refractivity contribution in [2.24, 2.45) is 5.92 Å². The van der Waals surface area contributed by atoms with Gasteiger partial charge in [0.25, 0.3) is 0 Å². The van der Waals surface area contributed by atoms with E-state index in [4.69, 9.17) is 5.11 Å². The van der Waals surface area contributed by atoms with Gasteiger partial charge in [-0.05, 0) is 39.5 Å².